The Bertz CT molecular complexity index is 1630. The van der Waals surface area contributed by atoms with Crippen LogP contribution in [-0.4, -0.2) is 36.7 Å². The second-order valence-electron chi connectivity index (χ2n) is 8.84. The van der Waals surface area contributed by atoms with Crippen LogP contribution in [0.3, 0.4) is 0 Å². The second-order valence-corrected chi connectivity index (χ2v) is 10.5. The molecule has 0 bridgehead atoms. The predicted molar refractivity (Wildman–Crippen MR) is 143 cm³/mol. The number of carboxylic acid groups (broad SMARTS) is 1. The molecule has 1 aromatic heterocycles. The summed E-state index contributed by atoms with van der Waals surface area (Å²) < 4.78 is 49.4. The van der Waals surface area contributed by atoms with E-state index < -0.39 is 22.0 Å². The molecular weight excluding hydrogens is 507 g/mol. The number of aryl methyl sites for hydroxylation is 1. The summed E-state index contributed by atoms with van der Waals surface area (Å²) in [5.74, 6) is 4.26. The number of aliphatic carboxylic acids is 1. The first-order valence-electron chi connectivity index (χ1n) is 11.9. The molecule has 1 heterocycles. The number of benzene rings is 3. The van der Waals surface area contributed by atoms with E-state index in [-0.39, 0.29) is 23.7 Å². The lowest BCUT2D eigenvalue weighted by molar-refractivity contribution is -0.138. The number of rotatable bonds is 10. The maximum absolute atomic E-state index is 13.7. The van der Waals surface area contributed by atoms with E-state index in [2.05, 4.69) is 16.6 Å². The summed E-state index contributed by atoms with van der Waals surface area (Å²) in [6, 6.07) is 16.3. The average molecular weight is 535 g/mol. The molecule has 0 fully saturated rings. The predicted octanol–water partition coefficient (Wildman–Crippen LogP) is 4.51. The van der Waals surface area contributed by atoms with E-state index in [0.29, 0.717) is 17.9 Å². The van der Waals surface area contributed by atoms with Gasteiger partial charge in [-0.1, -0.05) is 29.7 Å². The molecule has 0 amide bonds. The van der Waals surface area contributed by atoms with Crippen LogP contribution in [0.1, 0.15) is 23.6 Å². The SMILES string of the molecule is CC#CCOc1ccc(S(=O)(=O)NC(Cc2cn(Cc3cccc(F)c3)c3ccc(C)cc23)C(=O)O)cc1. The Hall–Kier alpha value is -4.13. The third kappa shape index (κ3) is 6.40. The Morgan fingerprint density at radius 2 is 1.89 bits per heavy atom. The lowest BCUT2D eigenvalue weighted by Gasteiger charge is -2.15. The van der Waals surface area contributed by atoms with Gasteiger partial charge in [0.15, 0.2) is 0 Å². The van der Waals surface area contributed by atoms with Crippen molar-refractivity contribution in [2.45, 2.75) is 37.8 Å². The topological polar surface area (TPSA) is 97.6 Å². The number of sulfonamides is 1. The number of halogens is 1. The van der Waals surface area contributed by atoms with Crippen LogP contribution in [0.15, 0.2) is 77.8 Å². The van der Waals surface area contributed by atoms with Gasteiger partial charge in [-0.05, 0) is 73.5 Å². The minimum absolute atomic E-state index is 0.0814. The standard InChI is InChI=1S/C29H27FN2O5S/c1-3-4-14-37-24-9-11-25(12-10-24)38(35,36)31-27(29(33)34)17-22-19-32(18-21-6-5-7-23(30)16-21)28-13-8-20(2)15-26(22)28/h5-13,15-16,19,27,31H,14,17-18H2,1-2H3,(H,33,34). The number of nitrogens with one attached hydrogen (secondary N) is 1. The van der Waals surface area contributed by atoms with Crippen LogP contribution in [0.25, 0.3) is 10.9 Å². The van der Waals surface area contributed by atoms with Gasteiger partial charge in [0.1, 0.15) is 24.2 Å². The number of nitrogens with zero attached hydrogens (tertiary/aromatic N) is 1. The van der Waals surface area contributed by atoms with Gasteiger partial charge in [0.2, 0.25) is 10.0 Å². The summed E-state index contributed by atoms with van der Waals surface area (Å²) in [5.41, 5.74) is 3.22. The fourth-order valence-electron chi connectivity index (χ4n) is 4.17. The normalized spacial score (nSPS) is 12.1. The first-order valence-corrected chi connectivity index (χ1v) is 13.3. The van der Waals surface area contributed by atoms with Crippen LogP contribution in [0.4, 0.5) is 4.39 Å². The van der Waals surface area contributed by atoms with Crippen LogP contribution < -0.4 is 9.46 Å². The third-order valence-electron chi connectivity index (χ3n) is 6.00. The molecule has 0 aliphatic rings. The first kappa shape index (κ1) is 26.9. The maximum atomic E-state index is 13.7. The third-order valence-corrected chi connectivity index (χ3v) is 7.49. The highest BCUT2D eigenvalue weighted by Gasteiger charge is 2.27. The molecule has 1 unspecified atom stereocenters. The average Bonchev–Trinajstić information content (AvgIpc) is 3.19. The van der Waals surface area contributed by atoms with E-state index >= 15 is 0 Å². The molecule has 0 saturated heterocycles. The van der Waals surface area contributed by atoms with Crippen LogP contribution in [-0.2, 0) is 27.8 Å². The molecule has 0 spiro atoms. The first-order chi connectivity index (χ1) is 18.2. The number of carboxylic acids is 1. The highest BCUT2D eigenvalue weighted by atomic mass is 32.2. The maximum Gasteiger partial charge on any atom is 0.322 e. The summed E-state index contributed by atoms with van der Waals surface area (Å²) >= 11 is 0. The summed E-state index contributed by atoms with van der Waals surface area (Å²) in [4.78, 5) is 12.1. The number of hydrogen-bond donors (Lipinski definition) is 2. The minimum atomic E-state index is -4.14. The van der Waals surface area contributed by atoms with Crippen LogP contribution in [0.2, 0.25) is 0 Å². The number of fused-ring (bicyclic) bond motifs is 1. The van der Waals surface area contributed by atoms with Crippen molar-refractivity contribution in [2.75, 3.05) is 6.61 Å². The van der Waals surface area contributed by atoms with Gasteiger partial charge in [-0.2, -0.15) is 4.72 Å². The van der Waals surface area contributed by atoms with Gasteiger partial charge in [-0.15, -0.1) is 5.92 Å². The molecule has 0 aliphatic carbocycles. The van der Waals surface area contributed by atoms with Crippen molar-refractivity contribution < 1.29 is 27.4 Å². The summed E-state index contributed by atoms with van der Waals surface area (Å²) in [7, 11) is -4.14. The smallest absolute Gasteiger partial charge is 0.322 e. The lowest BCUT2D eigenvalue weighted by atomic mass is 10.0. The second kappa shape index (κ2) is 11.5. The van der Waals surface area contributed by atoms with E-state index in [9.17, 15) is 22.7 Å². The zero-order valence-electron chi connectivity index (χ0n) is 20.9. The Kier molecular flexibility index (Phi) is 8.15. The van der Waals surface area contributed by atoms with Crippen LogP contribution >= 0.6 is 0 Å². The van der Waals surface area contributed by atoms with E-state index in [1.807, 2.05) is 35.8 Å². The molecule has 9 heteroatoms. The molecule has 0 radical (unpaired) electrons. The van der Waals surface area contributed by atoms with Gasteiger partial charge in [-0.25, -0.2) is 12.8 Å². The van der Waals surface area contributed by atoms with Gasteiger partial charge in [0, 0.05) is 30.1 Å². The van der Waals surface area contributed by atoms with Gasteiger partial charge in [-0.3, -0.25) is 4.79 Å². The molecule has 7 nitrogen and oxygen atoms in total. The van der Waals surface area contributed by atoms with E-state index in [1.54, 1.807) is 19.2 Å². The molecule has 4 aromatic rings. The highest BCUT2D eigenvalue weighted by molar-refractivity contribution is 7.89. The van der Waals surface area contributed by atoms with Crippen molar-refractivity contribution in [1.82, 2.24) is 9.29 Å². The zero-order valence-corrected chi connectivity index (χ0v) is 21.8. The van der Waals surface area contributed by atoms with E-state index in [0.717, 1.165) is 22.0 Å². The quantitative estimate of drug-likeness (QED) is 0.292. The number of ether oxygens (including phenoxy) is 1. The summed E-state index contributed by atoms with van der Waals surface area (Å²) in [5, 5.41) is 10.7. The van der Waals surface area contributed by atoms with Crippen molar-refractivity contribution >= 4 is 26.9 Å². The van der Waals surface area contributed by atoms with Gasteiger partial charge < -0.3 is 14.4 Å². The van der Waals surface area contributed by atoms with Crippen molar-refractivity contribution in [2.24, 2.45) is 0 Å². The number of hydrogen-bond acceptors (Lipinski definition) is 4. The lowest BCUT2D eigenvalue weighted by Crippen LogP contribution is -2.42. The van der Waals surface area contributed by atoms with Gasteiger partial charge in [0.05, 0.1) is 4.90 Å². The monoisotopic (exact) mass is 534 g/mol. The van der Waals surface area contributed by atoms with Crippen LogP contribution in [0.5, 0.6) is 5.75 Å². The fourth-order valence-corrected chi connectivity index (χ4v) is 5.36. The Morgan fingerprint density at radius 1 is 1.13 bits per heavy atom. The van der Waals surface area contributed by atoms with E-state index in [4.69, 9.17) is 4.74 Å². The van der Waals surface area contributed by atoms with Gasteiger partial charge in [0.25, 0.3) is 0 Å². The van der Waals surface area contributed by atoms with Crippen molar-refractivity contribution in [3.05, 3.63) is 95.4 Å². The largest absolute Gasteiger partial charge is 0.481 e. The van der Waals surface area contributed by atoms with Crippen molar-refractivity contribution in [1.29, 1.82) is 0 Å². The molecule has 0 saturated carbocycles. The number of carbonyl (C=O) groups is 1. The van der Waals surface area contributed by atoms with Crippen molar-refractivity contribution in [3.63, 3.8) is 0 Å². The molecule has 2 N–H and O–H groups in total. The molecule has 3 aromatic carbocycles. The van der Waals surface area contributed by atoms with Gasteiger partial charge >= 0.3 is 5.97 Å². The van der Waals surface area contributed by atoms with Crippen molar-refractivity contribution in [3.8, 4) is 17.6 Å². The molecule has 0 aliphatic heterocycles. The molecular formula is C29H27FN2O5S. The molecule has 4 rings (SSSR count). The molecule has 196 valence electrons. The van der Waals surface area contributed by atoms with E-state index in [1.165, 1.54) is 36.4 Å². The summed E-state index contributed by atoms with van der Waals surface area (Å²) in [6.07, 6.45) is 1.71. The minimum Gasteiger partial charge on any atom is -0.481 e. The fraction of sp³-hybridized carbons (Fsp3) is 0.207. The molecule has 38 heavy (non-hydrogen) atoms. The Balaban J connectivity index is 1.60. The highest BCUT2D eigenvalue weighted by Crippen LogP contribution is 2.26. The Labute approximate surface area is 220 Å². The summed E-state index contributed by atoms with van der Waals surface area (Å²) in [6.45, 7) is 4.16. The Morgan fingerprint density at radius 3 is 2.58 bits per heavy atom. The zero-order chi connectivity index (χ0) is 27.3. The van der Waals surface area contributed by atoms with Crippen LogP contribution in [0, 0.1) is 24.6 Å². The molecule has 1 atom stereocenters. The number of aromatic nitrogens is 1.